The van der Waals surface area contributed by atoms with Gasteiger partial charge in [0, 0.05) is 16.8 Å². The van der Waals surface area contributed by atoms with Crippen LogP contribution in [-0.2, 0) is 11.3 Å². The predicted molar refractivity (Wildman–Crippen MR) is 91.9 cm³/mol. The minimum atomic E-state index is -0.158. The number of carbonyl (C=O) groups is 1. The van der Waals surface area contributed by atoms with Crippen LogP contribution in [0.2, 0.25) is 0 Å². The Kier molecular flexibility index (Phi) is 4.00. The molecule has 0 radical (unpaired) electrons. The predicted octanol–water partition coefficient (Wildman–Crippen LogP) is 2.55. The molecule has 0 saturated carbocycles. The SMILES string of the molecule is O=C(Nc1ncn(Cc2ccccn2)n1)[C@@H]1CSc2ccccc21. The molecule has 0 bridgehead atoms. The number of benzene rings is 1. The largest absolute Gasteiger partial charge is 0.293 e. The highest BCUT2D eigenvalue weighted by Gasteiger charge is 2.29. The fraction of sp³-hybridized carbons (Fsp3) is 0.176. The van der Waals surface area contributed by atoms with Crippen LogP contribution in [0.3, 0.4) is 0 Å². The Hall–Kier alpha value is -2.67. The fourth-order valence-corrected chi connectivity index (χ4v) is 3.89. The first-order chi connectivity index (χ1) is 11.8. The number of pyridine rings is 1. The molecule has 1 amide bonds. The highest BCUT2D eigenvalue weighted by Crippen LogP contribution is 2.39. The molecule has 120 valence electrons. The van der Waals surface area contributed by atoms with E-state index in [1.165, 1.54) is 4.90 Å². The maximum Gasteiger partial charge on any atom is 0.248 e. The normalized spacial score (nSPS) is 15.9. The summed E-state index contributed by atoms with van der Waals surface area (Å²) in [5, 5.41) is 7.11. The number of hydrogen-bond donors (Lipinski definition) is 1. The van der Waals surface area contributed by atoms with E-state index in [-0.39, 0.29) is 11.8 Å². The van der Waals surface area contributed by atoms with Crippen LogP contribution in [0.5, 0.6) is 0 Å². The van der Waals surface area contributed by atoms with Crippen molar-refractivity contribution in [1.82, 2.24) is 19.7 Å². The molecule has 1 aliphatic rings. The molecule has 0 aliphatic carbocycles. The summed E-state index contributed by atoms with van der Waals surface area (Å²) in [5.41, 5.74) is 1.97. The highest BCUT2D eigenvalue weighted by molar-refractivity contribution is 7.99. The van der Waals surface area contributed by atoms with Gasteiger partial charge in [-0.15, -0.1) is 16.9 Å². The summed E-state index contributed by atoms with van der Waals surface area (Å²) in [6.45, 7) is 0.520. The summed E-state index contributed by atoms with van der Waals surface area (Å²) < 4.78 is 1.66. The lowest BCUT2D eigenvalue weighted by atomic mass is 10.0. The first kappa shape index (κ1) is 14.9. The molecular weight excluding hydrogens is 322 g/mol. The molecule has 3 heterocycles. The van der Waals surface area contributed by atoms with E-state index < -0.39 is 0 Å². The first-order valence-electron chi connectivity index (χ1n) is 7.61. The second-order valence-corrected chi connectivity index (χ2v) is 6.54. The smallest absolute Gasteiger partial charge is 0.248 e. The maximum absolute atomic E-state index is 12.5. The summed E-state index contributed by atoms with van der Waals surface area (Å²) in [7, 11) is 0. The Bertz CT molecular complexity index is 864. The minimum Gasteiger partial charge on any atom is -0.293 e. The van der Waals surface area contributed by atoms with Crippen molar-refractivity contribution >= 4 is 23.6 Å². The molecule has 1 N–H and O–H groups in total. The van der Waals surface area contributed by atoms with Crippen LogP contribution in [0, 0.1) is 0 Å². The fourth-order valence-electron chi connectivity index (χ4n) is 2.66. The van der Waals surface area contributed by atoms with Gasteiger partial charge in [-0.05, 0) is 23.8 Å². The molecule has 0 fully saturated rings. The molecule has 4 rings (SSSR count). The third kappa shape index (κ3) is 3.03. The Morgan fingerprint density at radius 3 is 2.96 bits per heavy atom. The van der Waals surface area contributed by atoms with Crippen LogP contribution >= 0.6 is 11.8 Å². The average Bonchev–Trinajstić information content (AvgIpc) is 3.22. The Balaban J connectivity index is 1.44. The van der Waals surface area contributed by atoms with E-state index in [1.54, 1.807) is 29.0 Å². The monoisotopic (exact) mass is 337 g/mol. The van der Waals surface area contributed by atoms with Gasteiger partial charge in [-0.2, -0.15) is 0 Å². The number of anilines is 1. The lowest BCUT2D eigenvalue weighted by Gasteiger charge is -2.09. The topological polar surface area (TPSA) is 72.7 Å². The number of amides is 1. The number of nitrogens with one attached hydrogen (secondary N) is 1. The Morgan fingerprint density at radius 2 is 2.08 bits per heavy atom. The number of nitrogens with zero attached hydrogens (tertiary/aromatic N) is 4. The Labute approximate surface area is 143 Å². The van der Waals surface area contributed by atoms with E-state index in [2.05, 4.69) is 20.4 Å². The third-order valence-corrected chi connectivity index (χ3v) is 5.02. The second-order valence-electron chi connectivity index (χ2n) is 5.48. The molecule has 7 heteroatoms. The van der Waals surface area contributed by atoms with Gasteiger partial charge in [-0.3, -0.25) is 15.1 Å². The zero-order valence-corrected chi connectivity index (χ0v) is 13.6. The summed E-state index contributed by atoms with van der Waals surface area (Å²) >= 11 is 1.71. The molecule has 0 saturated heterocycles. The van der Waals surface area contributed by atoms with Crippen LogP contribution in [0.4, 0.5) is 5.95 Å². The van der Waals surface area contributed by atoms with Crippen molar-refractivity contribution in [2.45, 2.75) is 17.4 Å². The summed E-state index contributed by atoms with van der Waals surface area (Å²) in [5.74, 6) is 0.849. The van der Waals surface area contributed by atoms with Gasteiger partial charge >= 0.3 is 0 Å². The van der Waals surface area contributed by atoms with Crippen molar-refractivity contribution in [2.75, 3.05) is 11.1 Å². The number of fused-ring (bicyclic) bond motifs is 1. The molecule has 1 aromatic carbocycles. The number of hydrogen-bond acceptors (Lipinski definition) is 5. The lowest BCUT2D eigenvalue weighted by molar-refractivity contribution is -0.117. The highest BCUT2D eigenvalue weighted by atomic mass is 32.2. The molecule has 6 nitrogen and oxygen atoms in total. The first-order valence-corrected chi connectivity index (χ1v) is 8.60. The number of rotatable bonds is 4. The van der Waals surface area contributed by atoms with Crippen molar-refractivity contribution in [2.24, 2.45) is 0 Å². The van der Waals surface area contributed by atoms with Gasteiger partial charge in [0.2, 0.25) is 11.9 Å². The standard InChI is InChI=1S/C17H15N5OS/c23-16(14-10-24-15-7-2-1-6-13(14)15)20-17-19-11-22(21-17)9-12-5-3-4-8-18-12/h1-8,11,14H,9-10H2,(H,20,21,23)/t14-/m1/s1. The van der Waals surface area contributed by atoms with Gasteiger partial charge in [0.15, 0.2) is 0 Å². The van der Waals surface area contributed by atoms with Gasteiger partial charge in [-0.25, -0.2) is 9.67 Å². The van der Waals surface area contributed by atoms with Crippen LogP contribution in [-0.4, -0.2) is 31.4 Å². The van der Waals surface area contributed by atoms with E-state index in [4.69, 9.17) is 0 Å². The van der Waals surface area contributed by atoms with E-state index in [0.29, 0.717) is 12.5 Å². The molecule has 0 spiro atoms. The van der Waals surface area contributed by atoms with Crippen molar-refractivity contribution in [3.8, 4) is 0 Å². The maximum atomic E-state index is 12.5. The van der Waals surface area contributed by atoms with Crippen LogP contribution in [0.25, 0.3) is 0 Å². The molecule has 3 aromatic rings. The van der Waals surface area contributed by atoms with Crippen molar-refractivity contribution in [3.05, 3.63) is 66.2 Å². The van der Waals surface area contributed by atoms with E-state index in [0.717, 1.165) is 17.0 Å². The second kappa shape index (κ2) is 6.45. The van der Waals surface area contributed by atoms with Crippen molar-refractivity contribution in [1.29, 1.82) is 0 Å². The van der Waals surface area contributed by atoms with Crippen molar-refractivity contribution < 1.29 is 4.79 Å². The average molecular weight is 337 g/mol. The van der Waals surface area contributed by atoms with Crippen LogP contribution < -0.4 is 5.32 Å². The Morgan fingerprint density at radius 1 is 1.21 bits per heavy atom. The molecule has 1 atom stereocenters. The zero-order valence-electron chi connectivity index (χ0n) is 12.8. The van der Waals surface area contributed by atoms with Gasteiger partial charge < -0.3 is 0 Å². The summed E-state index contributed by atoms with van der Waals surface area (Å²) in [6, 6.07) is 13.7. The van der Waals surface area contributed by atoms with Gasteiger partial charge in [0.25, 0.3) is 0 Å². The van der Waals surface area contributed by atoms with E-state index in [9.17, 15) is 4.79 Å². The van der Waals surface area contributed by atoms with Crippen LogP contribution in [0.15, 0.2) is 59.9 Å². The lowest BCUT2D eigenvalue weighted by Crippen LogP contribution is -2.21. The minimum absolute atomic E-state index is 0.0666. The molecule has 1 aliphatic heterocycles. The molecule has 24 heavy (non-hydrogen) atoms. The third-order valence-electron chi connectivity index (χ3n) is 3.84. The molecule has 2 aromatic heterocycles. The molecule has 0 unspecified atom stereocenters. The molecular formula is C17H15N5OS. The number of thioether (sulfide) groups is 1. The summed E-state index contributed by atoms with van der Waals surface area (Å²) in [6.07, 6.45) is 3.34. The number of aromatic nitrogens is 4. The zero-order chi connectivity index (χ0) is 16.4. The van der Waals surface area contributed by atoms with Crippen LogP contribution in [0.1, 0.15) is 17.2 Å². The van der Waals surface area contributed by atoms with E-state index in [1.807, 2.05) is 42.5 Å². The van der Waals surface area contributed by atoms with E-state index >= 15 is 0 Å². The summed E-state index contributed by atoms with van der Waals surface area (Å²) in [4.78, 5) is 22.1. The van der Waals surface area contributed by atoms with Gasteiger partial charge in [0.1, 0.15) is 6.33 Å². The quantitative estimate of drug-likeness (QED) is 0.792. The van der Waals surface area contributed by atoms with Gasteiger partial charge in [-0.1, -0.05) is 24.3 Å². The van der Waals surface area contributed by atoms with Gasteiger partial charge in [0.05, 0.1) is 18.2 Å². The van der Waals surface area contributed by atoms with Crippen molar-refractivity contribution in [3.63, 3.8) is 0 Å². The number of carbonyl (C=O) groups excluding carboxylic acids is 1.